The number of hydrazone groups is 1. The van der Waals surface area contributed by atoms with Gasteiger partial charge in [-0.05, 0) is 42.3 Å². The highest BCUT2D eigenvalue weighted by molar-refractivity contribution is 6.04. The Hall–Kier alpha value is -3.35. The number of amides is 2. The molecule has 158 valence electrons. The molecule has 1 aliphatic heterocycles. The van der Waals surface area contributed by atoms with Gasteiger partial charge in [0.2, 0.25) is 11.8 Å². The number of anilines is 1. The summed E-state index contributed by atoms with van der Waals surface area (Å²) in [5.74, 6) is 1.22. The van der Waals surface area contributed by atoms with E-state index in [0.717, 1.165) is 28.9 Å². The predicted molar refractivity (Wildman–Crippen MR) is 116 cm³/mol. The lowest BCUT2D eigenvalue weighted by Gasteiger charge is -2.24. The second kappa shape index (κ2) is 9.91. The minimum Gasteiger partial charge on any atom is -0.493 e. The number of ether oxygens (including phenoxy) is 2. The summed E-state index contributed by atoms with van der Waals surface area (Å²) in [4.78, 5) is 24.3. The predicted octanol–water partition coefficient (Wildman–Crippen LogP) is 3.97. The van der Waals surface area contributed by atoms with Crippen LogP contribution in [0.15, 0.2) is 47.6 Å². The Balaban J connectivity index is 1.79. The lowest BCUT2D eigenvalue weighted by atomic mass is 10.0. The lowest BCUT2D eigenvalue weighted by Crippen LogP contribution is -2.31. The zero-order chi connectivity index (χ0) is 21.5. The van der Waals surface area contributed by atoms with Gasteiger partial charge in [0.25, 0.3) is 0 Å². The first kappa shape index (κ1) is 21.4. The quantitative estimate of drug-likeness (QED) is 0.715. The summed E-state index contributed by atoms with van der Waals surface area (Å²) >= 11 is 0. The minimum atomic E-state index is -0.0281. The second-order valence-electron chi connectivity index (χ2n) is 7.07. The van der Waals surface area contributed by atoms with Crippen LogP contribution in [0.1, 0.15) is 43.7 Å². The Labute approximate surface area is 176 Å². The number of carbonyl (C=O) groups excluding carboxylic acids is 2. The Morgan fingerprint density at radius 3 is 2.63 bits per heavy atom. The highest BCUT2D eigenvalue weighted by atomic mass is 16.5. The van der Waals surface area contributed by atoms with Gasteiger partial charge in [0.1, 0.15) is 0 Å². The number of hydrogen-bond donors (Lipinski definition) is 1. The van der Waals surface area contributed by atoms with Crippen molar-refractivity contribution in [2.45, 2.75) is 39.2 Å². The smallest absolute Gasteiger partial charge is 0.243 e. The summed E-state index contributed by atoms with van der Waals surface area (Å²) in [6.45, 7) is 2.30. The third kappa shape index (κ3) is 5.17. The molecule has 2 aromatic rings. The number of benzene rings is 2. The molecule has 1 N–H and O–H groups in total. The van der Waals surface area contributed by atoms with E-state index in [0.29, 0.717) is 37.3 Å². The van der Waals surface area contributed by atoms with Gasteiger partial charge in [-0.15, -0.1) is 0 Å². The van der Waals surface area contributed by atoms with Crippen LogP contribution in [-0.2, 0) is 16.1 Å². The molecule has 1 heterocycles. The molecule has 0 fully saturated rings. The third-order valence-corrected chi connectivity index (χ3v) is 4.84. The molecule has 7 nitrogen and oxygen atoms in total. The largest absolute Gasteiger partial charge is 0.493 e. The fourth-order valence-corrected chi connectivity index (χ4v) is 3.32. The summed E-state index contributed by atoms with van der Waals surface area (Å²) < 4.78 is 10.7. The van der Waals surface area contributed by atoms with Crippen LogP contribution in [0, 0.1) is 0 Å². The molecule has 0 aliphatic carbocycles. The molecule has 3 rings (SSSR count). The van der Waals surface area contributed by atoms with E-state index in [1.54, 1.807) is 14.2 Å². The van der Waals surface area contributed by atoms with Crippen LogP contribution in [0.4, 0.5) is 5.69 Å². The highest BCUT2D eigenvalue weighted by Crippen LogP contribution is 2.29. The lowest BCUT2D eigenvalue weighted by molar-refractivity contribution is -0.132. The number of carbonyl (C=O) groups is 2. The van der Waals surface area contributed by atoms with E-state index in [1.807, 2.05) is 49.4 Å². The van der Waals surface area contributed by atoms with Crippen LogP contribution in [-0.4, -0.2) is 36.8 Å². The Morgan fingerprint density at radius 1 is 1.10 bits per heavy atom. The van der Waals surface area contributed by atoms with E-state index >= 15 is 0 Å². The van der Waals surface area contributed by atoms with Crippen LogP contribution in [0.5, 0.6) is 11.5 Å². The van der Waals surface area contributed by atoms with E-state index in [9.17, 15) is 9.59 Å². The van der Waals surface area contributed by atoms with Crippen molar-refractivity contribution in [2.75, 3.05) is 19.5 Å². The maximum Gasteiger partial charge on any atom is 0.243 e. The topological polar surface area (TPSA) is 80.2 Å². The fourth-order valence-electron chi connectivity index (χ4n) is 3.32. The summed E-state index contributed by atoms with van der Waals surface area (Å²) in [5.41, 5.74) is 3.34. The minimum absolute atomic E-state index is 0.0162. The molecule has 7 heteroatoms. The van der Waals surface area contributed by atoms with Gasteiger partial charge >= 0.3 is 0 Å². The molecule has 0 atom stereocenters. The molecule has 2 amide bonds. The number of nitrogens with zero attached hydrogens (tertiary/aromatic N) is 2. The number of nitrogens with one attached hydrogen (secondary N) is 1. The summed E-state index contributed by atoms with van der Waals surface area (Å²) in [5, 5.41) is 8.97. The van der Waals surface area contributed by atoms with Gasteiger partial charge in [-0.25, -0.2) is 5.01 Å². The van der Waals surface area contributed by atoms with Crippen LogP contribution in [0.2, 0.25) is 0 Å². The average molecular weight is 409 g/mol. The van der Waals surface area contributed by atoms with Crippen molar-refractivity contribution in [2.24, 2.45) is 5.10 Å². The van der Waals surface area contributed by atoms with Gasteiger partial charge < -0.3 is 14.8 Å². The first-order valence-corrected chi connectivity index (χ1v) is 10.0. The summed E-state index contributed by atoms with van der Waals surface area (Å²) in [6.07, 6.45) is 2.23. The van der Waals surface area contributed by atoms with Crippen molar-refractivity contribution < 1.29 is 19.1 Å². The van der Waals surface area contributed by atoms with E-state index in [1.165, 1.54) is 5.01 Å². The SMILES string of the molecule is CCCC(=O)Nc1cccc(CN2N=C(c3ccc(OC)c(OC)c3)CCC2=O)c1. The van der Waals surface area contributed by atoms with Crippen molar-refractivity contribution >= 4 is 23.2 Å². The number of rotatable bonds is 8. The zero-order valence-electron chi connectivity index (χ0n) is 17.6. The zero-order valence-corrected chi connectivity index (χ0v) is 17.6. The summed E-state index contributed by atoms with van der Waals surface area (Å²) in [7, 11) is 3.18. The molecular formula is C23H27N3O4. The molecule has 0 saturated heterocycles. The number of hydrogen-bond acceptors (Lipinski definition) is 5. The van der Waals surface area contributed by atoms with E-state index in [4.69, 9.17) is 9.47 Å². The Bertz CT molecular complexity index is 955. The molecule has 0 unspecified atom stereocenters. The normalized spacial score (nSPS) is 13.6. The molecule has 30 heavy (non-hydrogen) atoms. The molecule has 0 spiro atoms. The molecule has 0 bridgehead atoms. The molecular weight excluding hydrogens is 382 g/mol. The van der Waals surface area contributed by atoms with Gasteiger partial charge in [-0.1, -0.05) is 19.1 Å². The number of methoxy groups -OCH3 is 2. The van der Waals surface area contributed by atoms with Crippen molar-refractivity contribution in [3.8, 4) is 11.5 Å². The van der Waals surface area contributed by atoms with Gasteiger partial charge in [-0.3, -0.25) is 9.59 Å². The first-order chi connectivity index (χ1) is 14.5. The van der Waals surface area contributed by atoms with Gasteiger partial charge in [0.15, 0.2) is 11.5 Å². The molecule has 2 aromatic carbocycles. The maximum absolute atomic E-state index is 12.5. The Kier molecular flexibility index (Phi) is 7.06. The van der Waals surface area contributed by atoms with Gasteiger partial charge in [-0.2, -0.15) is 5.10 Å². The van der Waals surface area contributed by atoms with Crippen LogP contribution < -0.4 is 14.8 Å². The fraction of sp³-hybridized carbons (Fsp3) is 0.348. The van der Waals surface area contributed by atoms with Crippen molar-refractivity contribution in [1.82, 2.24) is 5.01 Å². The molecule has 0 radical (unpaired) electrons. The van der Waals surface area contributed by atoms with Crippen LogP contribution in [0.25, 0.3) is 0 Å². The van der Waals surface area contributed by atoms with Gasteiger partial charge in [0.05, 0.1) is 26.5 Å². The van der Waals surface area contributed by atoms with Crippen LogP contribution in [0.3, 0.4) is 0 Å². The molecule has 1 aliphatic rings. The van der Waals surface area contributed by atoms with Crippen LogP contribution >= 0.6 is 0 Å². The maximum atomic E-state index is 12.5. The van der Waals surface area contributed by atoms with Gasteiger partial charge in [0, 0.05) is 30.5 Å². The Morgan fingerprint density at radius 2 is 1.90 bits per heavy atom. The van der Waals surface area contributed by atoms with Crippen molar-refractivity contribution in [1.29, 1.82) is 0 Å². The van der Waals surface area contributed by atoms with E-state index in [2.05, 4.69) is 10.4 Å². The average Bonchev–Trinajstić information content (AvgIpc) is 2.75. The van der Waals surface area contributed by atoms with E-state index in [-0.39, 0.29) is 11.8 Å². The first-order valence-electron chi connectivity index (χ1n) is 10.0. The monoisotopic (exact) mass is 409 g/mol. The molecule has 0 aromatic heterocycles. The standard InChI is InChI=1S/C23H27N3O4/c1-4-6-22(27)24-18-8-5-7-16(13-18)15-26-23(28)12-10-19(25-26)17-9-11-20(29-2)21(14-17)30-3/h5,7-9,11,13-14H,4,6,10,12,15H2,1-3H3,(H,24,27). The second-order valence-corrected chi connectivity index (χ2v) is 7.07. The molecule has 0 saturated carbocycles. The summed E-state index contributed by atoms with van der Waals surface area (Å²) in [6, 6.07) is 13.1. The van der Waals surface area contributed by atoms with Crippen molar-refractivity contribution in [3.63, 3.8) is 0 Å². The third-order valence-electron chi connectivity index (χ3n) is 4.84. The van der Waals surface area contributed by atoms with Crippen molar-refractivity contribution in [3.05, 3.63) is 53.6 Å². The van der Waals surface area contributed by atoms with E-state index < -0.39 is 0 Å². The highest BCUT2D eigenvalue weighted by Gasteiger charge is 2.22.